The lowest BCUT2D eigenvalue weighted by Gasteiger charge is -2.25. The molecule has 0 atom stereocenters. The second-order valence-corrected chi connectivity index (χ2v) is 4.95. The minimum Gasteiger partial charge on any atom is -0.339 e. The highest BCUT2D eigenvalue weighted by Crippen LogP contribution is 2.24. The molecule has 16 heavy (non-hydrogen) atoms. The van der Waals surface area contributed by atoms with Crippen molar-refractivity contribution in [3.63, 3.8) is 0 Å². The summed E-state index contributed by atoms with van der Waals surface area (Å²) in [5.74, 6) is 2.14. The molecule has 2 aromatic heterocycles. The summed E-state index contributed by atoms with van der Waals surface area (Å²) in [6.07, 6.45) is 0.892. The van der Waals surface area contributed by atoms with Crippen LogP contribution in [0.4, 0.5) is 0 Å². The standard InChI is InChI=1S/C11H13N3OS/c1-7-5-16-6-9(7)11-13-10(15-14-11)2-8-3-12-4-8/h5-6,8,12H,2-4H2,1H3. The first kappa shape index (κ1) is 9.99. The van der Waals surface area contributed by atoms with Gasteiger partial charge in [0.15, 0.2) is 0 Å². The van der Waals surface area contributed by atoms with Crippen molar-refractivity contribution >= 4 is 11.3 Å². The van der Waals surface area contributed by atoms with E-state index < -0.39 is 0 Å². The normalized spacial score (nSPS) is 16.3. The van der Waals surface area contributed by atoms with Crippen LogP contribution in [0.2, 0.25) is 0 Å². The summed E-state index contributed by atoms with van der Waals surface area (Å²) in [6.45, 7) is 4.20. The van der Waals surface area contributed by atoms with Gasteiger partial charge in [-0.05, 0) is 36.9 Å². The van der Waals surface area contributed by atoms with E-state index in [9.17, 15) is 0 Å². The van der Waals surface area contributed by atoms with E-state index in [0.717, 1.165) is 36.8 Å². The van der Waals surface area contributed by atoms with Crippen molar-refractivity contribution in [2.75, 3.05) is 13.1 Å². The van der Waals surface area contributed by atoms with Crippen LogP contribution in [-0.4, -0.2) is 23.2 Å². The molecule has 0 amide bonds. The number of rotatable bonds is 3. The zero-order valence-electron chi connectivity index (χ0n) is 9.06. The highest BCUT2D eigenvalue weighted by molar-refractivity contribution is 7.08. The molecule has 1 saturated heterocycles. The van der Waals surface area contributed by atoms with Crippen LogP contribution in [0, 0.1) is 12.8 Å². The topological polar surface area (TPSA) is 51.0 Å². The quantitative estimate of drug-likeness (QED) is 0.882. The number of aryl methyl sites for hydroxylation is 1. The lowest BCUT2D eigenvalue weighted by Crippen LogP contribution is -2.43. The summed E-state index contributed by atoms with van der Waals surface area (Å²) in [6, 6.07) is 0. The molecule has 1 fully saturated rings. The summed E-state index contributed by atoms with van der Waals surface area (Å²) >= 11 is 1.67. The van der Waals surface area contributed by atoms with Crippen molar-refractivity contribution in [3.05, 3.63) is 22.2 Å². The van der Waals surface area contributed by atoms with E-state index in [4.69, 9.17) is 4.52 Å². The fraction of sp³-hybridized carbons (Fsp3) is 0.455. The molecule has 0 unspecified atom stereocenters. The number of hydrogen-bond acceptors (Lipinski definition) is 5. The van der Waals surface area contributed by atoms with E-state index in [0.29, 0.717) is 5.92 Å². The Morgan fingerprint density at radius 2 is 2.38 bits per heavy atom. The molecule has 0 bridgehead atoms. The molecular weight excluding hydrogens is 222 g/mol. The van der Waals surface area contributed by atoms with Gasteiger partial charge in [-0.1, -0.05) is 5.16 Å². The van der Waals surface area contributed by atoms with E-state index in [-0.39, 0.29) is 0 Å². The van der Waals surface area contributed by atoms with E-state index in [1.807, 2.05) is 0 Å². The summed E-state index contributed by atoms with van der Waals surface area (Å²) in [7, 11) is 0. The van der Waals surface area contributed by atoms with Crippen LogP contribution in [0.15, 0.2) is 15.3 Å². The van der Waals surface area contributed by atoms with Crippen LogP contribution >= 0.6 is 11.3 Å². The van der Waals surface area contributed by atoms with Crippen LogP contribution in [-0.2, 0) is 6.42 Å². The van der Waals surface area contributed by atoms with Gasteiger partial charge in [-0.15, -0.1) is 0 Å². The van der Waals surface area contributed by atoms with Crippen molar-refractivity contribution in [1.29, 1.82) is 0 Å². The van der Waals surface area contributed by atoms with Crippen molar-refractivity contribution in [3.8, 4) is 11.4 Å². The molecule has 0 aliphatic carbocycles. The smallest absolute Gasteiger partial charge is 0.227 e. The van der Waals surface area contributed by atoms with Crippen LogP contribution in [0.3, 0.4) is 0 Å². The summed E-state index contributed by atoms with van der Waals surface area (Å²) in [5, 5.41) is 11.4. The average Bonchev–Trinajstić information content (AvgIpc) is 2.80. The molecule has 0 aromatic carbocycles. The predicted molar refractivity (Wildman–Crippen MR) is 62.4 cm³/mol. The van der Waals surface area contributed by atoms with Gasteiger partial charge in [0.1, 0.15) is 0 Å². The Hall–Kier alpha value is -1.20. The van der Waals surface area contributed by atoms with Gasteiger partial charge in [-0.25, -0.2) is 0 Å². The SMILES string of the molecule is Cc1cscc1-c1noc(CC2CNC2)n1. The molecule has 1 aliphatic rings. The molecule has 5 heteroatoms. The van der Waals surface area contributed by atoms with Gasteiger partial charge < -0.3 is 9.84 Å². The average molecular weight is 235 g/mol. The second kappa shape index (κ2) is 3.99. The van der Waals surface area contributed by atoms with Gasteiger partial charge in [-0.3, -0.25) is 0 Å². The van der Waals surface area contributed by atoms with Gasteiger partial charge in [0.2, 0.25) is 11.7 Å². The predicted octanol–water partition coefficient (Wildman–Crippen LogP) is 1.87. The molecule has 4 nitrogen and oxygen atoms in total. The lowest BCUT2D eigenvalue weighted by molar-refractivity contribution is 0.296. The lowest BCUT2D eigenvalue weighted by atomic mass is 10.00. The Labute approximate surface area is 97.7 Å². The van der Waals surface area contributed by atoms with E-state index in [1.54, 1.807) is 11.3 Å². The van der Waals surface area contributed by atoms with Gasteiger partial charge in [0.25, 0.3) is 0 Å². The molecule has 3 rings (SSSR count). The number of nitrogens with zero attached hydrogens (tertiary/aromatic N) is 2. The molecule has 3 heterocycles. The molecule has 1 N–H and O–H groups in total. The van der Waals surface area contributed by atoms with Gasteiger partial charge in [0.05, 0.1) is 0 Å². The number of thiophene rings is 1. The Balaban J connectivity index is 1.79. The Bertz CT molecular complexity index is 487. The van der Waals surface area contributed by atoms with Crippen LogP contribution in [0.25, 0.3) is 11.4 Å². The zero-order chi connectivity index (χ0) is 11.0. The number of aromatic nitrogens is 2. The molecule has 0 radical (unpaired) electrons. The highest BCUT2D eigenvalue weighted by atomic mass is 32.1. The third-order valence-corrected chi connectivity index (χ3v) is 3.76. The van der Waals surface area contributed by atoms with E-state index >= 15 is 0 Å². The van der Waals surface area contributed by atoms with Gasteiger partial charge in [0, 0.05) is 17.4 Å². The van der Waals surface area contributed by atoms with E-state index in [1.165, 1.54) is 5.56 Å². The van der Waals surface area contributed by atoms with Gasteiger partial charge >= 0.3 is 0 Å². The van der Waals surface area contributed by atoms with Crippen molar-refractivity contribution < 1.29 is 4.52 Å². The van der Waals surface area contributed by atoms with Crippen LogP contribution < -0.4 is 5.32 Å². The molecule has 1 aliphatic heterocycles. The van der Waals surface area contributed by atoms with Gasteiger partial charge in [-0.2, -0.15) is 16.3 Å². The third-order valence-electron chi connectivity index (χ3n) is 2.89. The van der Waals surface area contributed by atoms with Crippen molar-refractivity contribution in [2.24, 2.45) is 5.92 Å². The maximum atomic E-state index is 5.27. The maximum absolute atomic E-state index is 5.27. The number of hydrogen-bond donors (Lipinski definition) is 1. The molecule has 2 aromatic rings. The van der Waals surface area contributed by atoms with Crippen LogP contribution in [0.1, 0.15) is 11.5 Å². The van der Waals surface area contributed by atoms with Crippen LogP contribution in [0.5, 0.6) is 0 Å². The zero-order valence-corrected chi connectivity index (χ0v) is 9.88. The largest absolute Gasteiger partial charge is 0.339 e. The minimum absolute atomic E-state index is 0.664. The number of nitrogens with one attached hydrogen (secondary N) is 1. The fourth-order valence-electron chi connectivity index (χ4n) is 1.78. The molecule has 84 valence electrons. The molecule has 0 spiro atoms. The summed E-state index contributed by atoms with van der Waals surface area (Å²) < 4.78 is 5.27. The summed E-state index contributed by atoms with van der Waals surface area (Å²) in [5.41, 5.74) is 2.30. The first-order valence-electron chi connectivity index (χ1n) is 5.39. The minimum atomic E-state index is 0.664. The molecular formula is C11H13N3OS. The summed E-state index contributed by atoms with van der Waals surface area (Å²) in [4.78, 5) is 4.44. The Morgan fingerprint density at radius 3 is 3.00 bits per heavy atom. The first-order valence-corrected chi connectivity index (χ1v) is 6.33. The molecule has 0 saturated carbocycles. The van der Waals surface area contributed by atoms with Crippen molar-refractivity contribution in [1.82, 2.24) is 15.5 Å². The maximum Gasteiger partial charge on any atom is 0.227 e. The Morgan fingerprint density at radius 1 is 1.50 bits per heavy atom. The fourth-order valence-corrected chi connectivity index (χ4v) is 2.60. The first-order chi connectivity index (χ1) is 7.83. The van der Waals surface area contributed by atoms with E-state index in [2.05, 4.69) is 33.1 Å². The third kappa shape index (κ3) is 1.76. The second-order valence-electron chi connectivity index (χ2n) is 4.21. The monoisotopic (exact) mass is 235 g/mol. The Kier molecular flexibility index (Phi) is 2.49. The van der Waals surface area contributed by atoms with Crippen molar-refractivity contribution in [2.45, 2.75) is 13.3 Å². The highest BCUT2D eigenvalue weighted by Gasteiger charge is 2.20.